The first-order valence-electron chi connectivity index (χ1n) is 12.9. The van der Waals surface area contributed by atoms with Crippen LogP contribution in [-0.2, 0) is 22.6 Å². The number of nitrogens with one attached hydrogen (secondary N) is 2. The molecule has 0 aromatic heterocycles. The average molecular weight is 591 g/mol. The van der Waals surface area contributed by atoms with Crippen molar-refractivity contribution >= 4 is 41.2 Å². The minimum Gasteiger partial charge on any atom is -0.488 e. The van der Waals surface area contributed by atoms with Crippen molar-refractivity contribution in [3.8, 4) is 11.5 Å². The van der Waals surface area contributed by atoms with Crippen molar-refractivity contribution in [1.82, 2.24) is 10.7 Å². The lowest BCUT2D eigenvalue weighted by atomic mass is 10.1. The molecule has 2 atom stereocenters. The van der Waals surface area contributed by atoms with E-state index in [0.29, 0.717) is 28.7 Å². The molecule has 4 aromatic rings. The van der Waals surface area contributed by atoms with Gasteiger partial charge in [-0.3, -0.25) is 9.59 Å². The Balaban J connectivity index is 1.42. The molecule has 4 rings (SSSR count). The molecule has 4 aromatic carbocycles. The molecule has 0 radical (unpaired) electrons. The third-order valence-corrected chi connectivity index (χ3v) is 6.55. The van der Waals surface area contributed by atoms with Gasteiger partial charge in [0.1, 0.15) is 24.1 Å². The van der Waals surface area contributed by atoms with Gasteiger partial charge >= 0.3 is 0 Å². The van der Waals surface area contributed by atoms with Crippen LogP contribution < -0.4 is 20.2 Å². The molecule has 2 N–H and O–H groups in total. The Morgan fingerprint density at radius 1 is 0.829 bits per heavy atom. The van der Waals surface area contributed by atoms with Gasteiger partial charge in [-0.25, -0.2) is 5.43 Å². The summed E-state index contributed by atoms with van der Waals surface area (Å²) in [6, 6.07) is 30.4. The Hall–Kier alpha value is -4.33. The number of carbonyl (C=O) groups is 2. The predicted molar refractivity (Wildman–Crippen MR) is 162 cm³/mol. The summed E-state index contributed by atoms with van der Waals surface area (Å²) in [5.41, 5.74) is 5.13. The lowest BCUT2D eigenvalue weighted by molar-refractivity contribution is -0.132. The Morgan fingerprint density at radius 3 is 2.20 bits per heavy atom. The Morgan fingerprint density at radius 2 is 1.49 bits per heavy atom. The van der Waals surface area contributed by atoms with Gasteiger partial charge in [-0.1, -0.05) is 96.0 Å². The second-order valence-corrected chi connectivity index (χ2v) is 9.98. The molecule has 7 nitrogen and oxygen atoms in total. The van der Waals surface area contributed by atoms with Gasteiger partial charge in [0, 0.05) is 17.0 Å². The van der Waals surface area contributed by atoms with Gasteiger partial charge in [0.2, 0.25) is 0 Å². The fourth-order valence-corrected chi connectivity index (χ4v) is 4.31. The summed E-state index contributed by atoms with van der Waals surface area (Å²) in [7, 11) is 0. The smallest absolute Gasteiger partial charge is 0.262 e. The zero-order valence-electron chi connectivity index (χ0n) is 22.3. The number of rotatable bonds is 12. The molecule has 2 amide bonds. The standard InChI is InChI=1S/C32H29Cl2N3O4/c1-22(41-30-17-16-26(33)19-27(30)34)31(38)36-28(18-23-10-4-2-5-11-23)32(39)37-35-20-25-14-8-9-15-29(25)40-21-24-12-6-3-7-13-24/h2-17,19-20,22,28H,18,21H2,1H3,(H,36,38)(H,37,39)/b35-20-/t22-,28+/m0/s1. The highest BCUT2D eigenvalue weighted by Gasteiger charge is 2.25. The molecule has 0 spiro atoms. The molecule has 0 aliphatic rings. The van der Waals surface area contributed by atoms with Gasteiger partial charge in [0.05, 0.1) is 11.2 Å². The number of carbonyl (C=O) groups excluding carboxylic acids is 2. The number of amides is 2. The molecule has 0 unspecified atom stereocenters. The first-order chi connectivity index (χ1) is 19.9. The molecule has 9 heteroatoms. The van der Waals surface area contributed by atoms with Gasteiger partial charge < -0.3 is 14.8 Å². The minimum atomic E-state index is -0.933. The molecular formula is C32H29Cl2N3O4. The van der Waals surface area contributed by atoms with Gasteiger partial charge in [0.25, 0.3) is 11.8 Å². The van der Waals surface area contributed by atoms with Crippen molar-refractivity contribution < 1.29 is 19.1 Å². The van der Waals surface area contributed by atoms with E-state index in [9.17, 15) is 9.59 Å². The van der Waals surface area contributed by atoms with Crippen molar-refractivity contribution in [2.24, 2.45) is 5.10 Å². The van der Waals surface area contributed by atoms with E-state index in [1.807, 2.05) is 84.9 Å². The number of ether oxygens (including phenoxy) is 2. The summed E-state index contributed by atoms with van der Waals surface area (Å²) >= 11 is 12.1. The van der Waals surface area contributed by atoms with Crippen LogP contribution in [0.4, 0.5) is 0 Å². The van der Waals surface area contributed by atoms with Crippen molar-refractivity contribution in [2.45, 2.75) is 32.1 Å². The zero-order valence-corrected chi connectivity index (χ0v) is 23.8. The molecule has 0 aliphatic carbocycles. The summed E-state index contributed by atoms with van der Waals surface area (Å²) in [4.78, 5) is 26.2. The Kier molecular flexibility index (Phi) is 10.8. The number of hydrogen-bond donors (Lipinski definition) is 2. The van der Waals surface area contributed by atoms with Crippen LogP contribution in [0.3, 0.4) is 0 Å². The number of hydrazone groups is 1. The number of benzene rings is 4. The first-order valence-corrected chi connectivity index (χ1v) is 13.7. The lowest BCUT2D eigenvalue weighted by Gasteiger charge is -2.21. The molecular weight excluding hydrogens is 561 g/mol. The molecule has 0 bridgehead atoms. The minimum absolute atomic E-state index is 0.249. The number of para-hydroxylation sites is 1. The van der Waals surface area contributed by atoms with Crippen molar-refractivity contribution in [3.05, 3.63) is 130 Å². The summed E-state index contributed by atoms with van der Waals surface area (Å²) in [6.45, 7) is 1.97. The van der Waals surface area contributed by atoms with Crippen molar-refractivity contribution in [1.29, 1.82) is 0 Å². The number of nitrogens with zero attached hydrogens (tertiary/aromatic N) is 1. The molecule has 0 saturated carbocycles. The summed E-state index contributed by atoms with van der Waals surface area (Å²) in [5.74, 6) is -0.0514. The van der Waals surface area contributed by atoms with Crippen LogP contribution in [0.15, 0.2) is 108 Å². The molecule has 0 saturated heterocycles. The van der Waals surface area contributed by atoms with Crippen LogP contribution in [0.2, 0.25) is 10.0 Å². The van der Waals surface area contributed by atoms with Crippen molar-refractivity contribution in [3.63, 3.8) is 0 Å². The molecule has 210 valence electrons. The largest absolute Gasteiger partial charge is 0.488 e. The molecule has 41 heavy (non-hydrogen) atoms. The van der Waals surface area contributed by atoms with Gasteiger partial charge in [0.15, 0.2) is 6.10 Å². The third kappa shape index (κ3) is 9.10. The monoisotopic (exact) mass is 589 g/mol. The summed E-state index contributed by atoms with van der Waals surface area (Å²) in [5, 5.41) is 7.64. The first kappa shape index (κ1) is 29.6. The zero-order chi connectivity index (χ0) is 29.0. The SMILES string of the molecule is C[C@H](Oc1ccc(Cl)cc1Cl)C(=O)N[C@H](Cc1ccccc1)C(=O)N/N=C\c1ccccc1OCc1ccccc1. The molecule has 0 heterocycles. The highest BCUT2D eigenvalue weighted by atomic mass is 35.5. The van der Waals surface area contributed by atoms with E-state index < -0.39 is 24.0 Å². The normalized spacial score (nSPS) is 12.4. The fourth-order valence-electron chi connectivity index (χ4n) is 3.86. The van der Waals surface area contributed by atoms with Gasteiger partial charge in [-0.15, -0.1) is 0 Å². The van der Waals surface area contributed by atoms with Gasteiger partial charge in [-0.2, -0.15) is 5.10 Å². The van der Waals surface area contributed by atoms with Gasteiger partial charge in [-0.05, 0) is 48.4 Å². The predicted octanol–water partition coefficient (Wildman–Crippen LogP) is 6.22. The van der Waals surface area contributed by atoms with E-state index in [2.05, 4.69) is 15.8 Å². The molecule has 0 aliphatic heterocycles. The maximum absolute atomic E-state index is 13.2. The Bertz CT molecular complexity index is 1480. The van der Waals surface area contributed by atoms with E-state index in [4.69, 9.17) is 32.7 Å². The van der Waals surface area contributed by atoms with Crippen LogP contribution >= 0.6 is 23.2 Å². The van der Waals surface area contributed by atoms with Crippen molar-refractivity contribution in [2.75, 3.05) is 0 Å². The number of hydrogen-bond acceptors (Lipinski definition) is 5. The van der Waals surface area contributed by atoms with Crippen LogP contribution in [-0.4, -0.2) is 30.2 Å². The quantitative estimate of drug-likeness (QED) is 0.152. The van der Waals surface area contributed by atoms with Crippen LogP contribution in [0, 0.1) is 0 Å². The van der Waals surface area contributed by atoms with E-state index in [1.54, 1.807) is 19.1 Å². The highest BCUT2D eigenvalue weighted by Crippen LogP contribution is 2.28. The van der Waals surface area contributed by atoms with Crippen LogP contribution in [0.1, 0.15) is 23.6 Å². The van der Waals surface area contributed by atoms with E-state index in [-0.39, 0.29) is 11.4 Å². The average Bonchev–Trinajstić information content (AvgIpc) is 2.98. The topological polar surface area (TPSA) is 89.0 Å². The second kappa shape index (κ2) is 14.9. The Labute approximate surface area is 249 Å². The third-order valence-electron chi connectivity index (χ3n) is 6.02. The maximum atomic E-state index is 13.2. The van der Waals surface area contributed by atoms with Crippen LogP contribution in [0.5, 0.6) is 11.5 Å². The highest BCUT2D eigenvalue weighted by molar-refractivity contribution is 6.35. The van der Waals surface area contributed by atoms with E-state index >= 15 is 0 Å². The molecule has 0 fully saturated rings. The van der Waals surface area contributed by atoms with E-state index in [0.717, 1.165) is 11.1 Å². The summed E-state index contributed by atoms with van der Waals surface area (Å²) in [6.07, 6.45) is 0.824. The summed E-state index contributed by atoms with van der Waals surface area (Å²) < 4.78 is 11.7. The maximum Gasteiger partial charge on any atom is 0.262 e. The fraction of sp³-hybridized carbons (Fsp3) is 0.156. The van der Waals surface area contributed by atoms with E-state index in [1.165, 1.54) is 12.3 Å². The second-order valence-electron chi connectivity index (χ2n) is 9.13. The lowest BCUT2D eigenvalue weighted by Crippen LogP contribution is -2.50. The van der Waals surface area contributed by atoms with Crippen LogP contribution in [0.25, 0.3) is 0 Å². The number of halogens is 2.